The van der Waals surface area contributed by atoms with Crippen LogP contribution >= 0.6 is 0 Å². The molecule has 0 radical (unpaired) electrons. The predicted octanol–water partition coefficient (Wildman–Crippen LogP) is 3.52. The van der Waals surface area contributed by atoms with E-state index in [4.69, 9.17) is 9.47 Å². The summed E-state index contributed by atoms with van der Waals surface area (Å²) in [5.41, 5.74) is 0.869. The van der Waals surface area contributed by atoms with Gasteiger partial charge in [0, 0.05) is 37.5 Å². The Morgan fingerprint density at radius 2 is 1.82 bits per heavy atom. The molecule has 3 heterocycles. The maximum atomic E-state index is 15.4. The Balaban J connectivity index is 1.73. The molecule has 0 spiro atoms. The number of hydrogen-bond donors (Lipinski definition) is 2. The van der Waals surface area contributed by atoms with Crippen LogP contribution in [0.2, 0.25) is 0 Å². The van der Waals surface area contributed by atoms with Gasteiger partial charge in [-0.1, -0.05) is 6.58 Å². The minimum atomic E-state index is -1.06. The highest BCUT2D eigenvalue weighted by Gasteiger charge is 2.38. The Morgan fingerprint density at radius 1 is 1.18 bits per heavy atom. The van der Waals surface area contributed by atoms with Crippen molar-refractivity contribution in [3.63, 3.8) is 0 Å². The van der Waals surface area contributed by atoms with Crippen molar-refractivity contribution in [1.82, 2.24) is 15.2 Å². The van der Waals surface area contributed by atoms with Crippen molar-refractivity contribution in [1.29, 1.82) is 0 Å². The quantitative estimate of drug-likeness (QED) is 0.487. The van der Waals surface area contributed by atoms with Gasteiger partial charge in [0.15, 0.2) is 23.1 Å². The van der Waals surface area contributed by atoms with E-state index in [0.717, 1.165) is 17.0 Å². The van der Waals surface area contributed by atoms with Gasteiger partial charge >= 0.3 is 12.1 Å². The summed E-state index contributed by atoms with van der Waals surface area (Å²) in [4.78, 5) is 44.9. The van der Waals surface area contributed by atoms with E-state index < -0.39 is 35.4 Å². The van der Waals surface area contributed by atoms with Crippen molar-refractivity contribution in [2.45, 2.75) is 25.9 Å². The van der Waals surface area contributed by atoms with Crippen LogP contribution in [0.3, 0.4) is 0 Å². The van der Waals surface area contributed by atoms with Crippen LogP contribution in [0, 0.1) is 17.6 Å². The summed E-state index contributed by atoms with van der Waals surface area (Å²) < 4.78 is 40.9. The van der Waals surface area contributed by atoms with Gasteiger partial charge in [0.25, 0.3) is 0 Å². The number of amides is 4. The van der Waals surface area contributed by atoms with Crippen molar-refractivity contribution in [2.75, 3.05) is 43.7 Å². The molecular formula is C26H29F2N5O6. The van der Waals surface area contributed by atoms with Crippen LogP contribution in [-0.2, 0) is 17.9 Å². The van der Waals surface area contributed by atoms with E-state index in [9.17, 15) is 19.5 Å². The molecule has 1 aromatic carbocycles. The summed E-state index contributed by atoms with van der Waals surface area (Å²) in [5, 5.41) is 11.9. The molecule has 11 nitrogen and oxygen atoms in total. The molecule has 2 aliphatic rings. The Hall–Kier alpha value is -4.42. The number of pyridine rings is 1. The first-order chi connectivity index (χ1) is 18.7. The van der Waals surface area contributed by atoms with Crippen molar-refractivity contribution in [3.05, 3.63) is 53.9 Å². The number of aromatic nitrogens is 1. The third-order valence-electron chi connectivity index (χ3n) is 6.87. The fraction of sp³-hybridized carbons (Fsp3) is 0.385. The van der Waals surface area contributed by atoms with Gasteiger partial charge in [0.05, 0.1) is 38.7 Å². The van der Waals surface area contributed by atoms with E-state index in [1.807, 2.05) is 0 Å². The summed E-state index contributed by atoms with van der Waals surface area (Å²) in [6, 6.07) is 2.04. The van der Waals surface area contributed by atoms with Crippen LogP contribution in [0.5, 0.6) is 11.5 Å². The topological polar surface area (TPSA) is 125 Å². The van der Waals surface area contributed by atoms with E-state index in [0.29, 0.717) is 42.9 Å². The van der Waals surface area contributed by atoms with Crippen LogP contribution in [0.25, 0.3) is 0 Å². The number of fused-ring (bicyclic) bond motifs is 1. The molecule has 0 aliphatic carbocycles. The number of nitrogens with one attached hydrogen (secondary N) is 1. The van der Waals surface area contributed by atoms with Crippen LogP contribution in [0.15, 0.2) is 31.0 Å². The third kappa shape index (κ3) is 5.56. The molecule has 208 valence electrons. The van der Waals surface area contributed by atoms with Gasteiger partial charge in [0.2, 0.25) is 5.91 Å². The largest absolute Gasteiger partial charge is 0.493 e. The second kappa shape index (κ2) is 11.5. The standard InChI is InChI=1S/C26H29F2N5O6/c1-4-21(34)30-12-17-9-18-16(11-29-17)14-33(24-22(27)19(38-2)10-20(39-3)23(24)28)25(35)32(18)13-15-5-7-31(8-6-15)26(36)37/h4,9-11,15H,1,5-8,12-14H2,2-3H3,(H,30,34)(H,36,37). The van der Waals surface area contributed by atoms with Gasteiger partial charge in [-0.15, -0.1) is 0 Å². The SMILES string of the molecule is C=CC(=O)NCc1cc2c(cn1)CN(c1c(F)c(OC)cc(OC)c1F)C(=O)N2CC1CCN(C(=O)O)CC1. The van der Waals surface area contributed by atoms with E-state index in [1.165, 1.54) is 30.2 Å². The fourth-order valence-electron chi connectivity index (χ4n) is 4.75. The number of anilines is 2. The molecule has 0 atom stereocenters. The summed E-state index contributed by atoms with van der Waals surface area (Å²) in [7, 11) is 2.44. The number of benzene rings is 1. The smallest absolute Gasteiger partial charge is 0.407 e. The van der Waals surface area contributed by atoms with Gasteiger partial charge in [-0.3, -0.25) is 19.6 Å². The lowest BCUT2D eigenvalue weighted by atomic mass is 9.95. The van der Waals surface area contributed by atoms with E-state index >= 15 is 8.78 Å². The maximum Gasteiger partial charge on any atom is 0.407 e. The molecule has 39 heavy (non-hydrogen) atoms. The van der Waals surface area contributed by atoms with Gasteiger partial charge in [-0.25, -0.2) is 18.4 Å². The highest BCUT2D eigenvalue weighted by Crippen LogP contribution is 2.41. The van der Waals surface area contributed by atoms with Gasteiger partial charge in [-0.05, 0) is 30.9 Å². The molecular weight excluding hydrogens is 516 g/mol. The number of nitrogens with zero attached hydrogens (tertiary/aromatic N) is 4. The number of likely N-dealkylation sites (tertiary alicyclic amines) is 1. The molecule has 2 N–H and O–H groups in total. The number of halogens is 2. The molecule has 1 saturated heterocycles. The molecule has 13 heteroatoms. The van der Waals surface area contributed by atoms with Gasteiger partial charge in [0.1, 0.15) is 5.69 Å². The second-order valence-corrected chi connectivity index (χ2v) is 9.18. The van der Waals surface area contributed by atoms with Crippen LogP contribution in [0.1, 0.15) is 24.1 Å². The molecule has 2 aromatic rings. The zero-order valence-electron chi connectivity index (χ0n) is 21.6. The van der Waals surface area contributed by atoms with Crippen molar-refractivity contribution in [2.24, 2.45) is 5.92 Å². The molecule has 1 aromatic heterocycles. The molecule has 0 saturated carbocycles. The number of rotatable bonds is 8. The molecule has 4 rings (SSSR count). The highest BCUT2D eigenvalue weighted by atomic mass is 19.1. The second-order valence-electron chi connectivity index (χ2n) is 9.18. The maximum absolute atomic E-state index is 15.4. The zero-order chi connectivity index (χ0) is 28.3. The van der Waals surface area contributed by atoms with Crippen molar-refractivity contribution >= 4 is 29.4 Å². The Morgan fingerprint density at radius 3 is 2.38 bits per heavy atom. The fourth-order valence-corrected chi connectivity index (χ4v) is 4.75. The summed E-state index contributed by atoms with van der Waals surface area (Å²) in [6.45, 7) is 4.11. The van der Waals surface area contributed by atoms with Crippen LogP contribution < -0.4 is 24.6 Å². The predicted molar refractivity (Wildman–Crippen MR) is 137 cm³/mol. The van der Waals surface area contributed by atoms with Crippen LogP contribution in [0.4, 0.5) is 29.7 Å². The summed E-state index contributed by atoms with van der Waals surface area (Å²) in [6.07, 6.45) is 2.63. The number of methoxy groups -OCH3 is 2. The van der Waals surface area contributed by atoms with E-state index in [1.54, 1.807) is 6.07 Å². The number of carboxylic acid groups (broad SMARTS) is 1. The third-order valence-corrected chi connectivity index (χ3v) is 6.87. The Labute approximate surface area is 223 Å². The first-order valence-electron chi connectivity index (χ1n) is 12.2. The van der Waals surface area contributed by atoms with Gasteiger partial charge in [-0.2, -0.15) is 0 Å². The zero-order valence-corrected chi connectivity index (χ0v) is 21.6. The Kier molecular flexibility index (Phi) is 8.17. The number of carbonyl (C=O) groups excluding carboxylic acids is 2. The monoisotopic (exact) mass is 545 g/mol. The number of hydrogen-bond acceptors (Lipinski definition) is 6. The first-order valence-corrected chi connectivity index (χ1v) is 12.2. The number of piperidine rings is 1. The number of carbonyl (C=O) groups is 3. The molecule has 0 bridgehead atoms. The first kappa shape index (κ1) is 27.6. The lowest BCUT2D eigenvalue weighted by Crippen LogP contribution is -2.51. The average Bonchev–Trinajstić information content (AvgIpc) is 2.94. The molecule has 1 fully saturated rings. The minimum Gasteiger partial charge on any atom is -0.493 e. The van der Waals surface area contributed by atoms with E-state index in [-0.39, 0.29) is 37.1 Å². The van der Waals surface area contributed by atoms with E-state index in [2.05, 4.69) is 16.9 Å². The van der Waals surface area contributed by atoms with Gasteiger partial charge < -0.3 is 24.8 Å². The minimum absolute atomic E-state index is 0.0658. The highest BCUT2D eigenvalue weighted by molar-refractivity contribution is 6.06. The number of ether oxygens (including phenoxy) is 2. The Bertz CT molecular complexity index is 1270. The molecule has 2 aliphatic heterocycles. The van der Waals surface area contributed by atoms with Crippen molar-refractivity contribution < 1.29 is 37.7 Å². The lowest BCUT2D eigenvalue weighted by Gasteiger charge is -2.40. The normalized spacial score (nSPS) is 15.6. The average molecular weight is 546 g/mol. The molecule has 4 amide bonds. The number of urea groups is 1. The summed E-state index contributed by atoms with van der Waals surface area (Å²) >= 11 is 0. The van der Waals surface area contributed by atoms with Crippen molar-refractivity contribution in [3.8, 4) is 11.5 Å². The molecule has 0 unspecified atom stereocenters. The van der Waals surface area contributed by atoms with Crippen LogP contribution in [-0.4, -0.2) is 66.9 Å². The lowest BCUT2D eigenvalue weighted by molar-refractivity contribution is -0.116. The summed E-state index contributed by atoms with van der Waals surface area (Å²) in [5.74, 6) is -3.15.